The molecule has 0 bridgehead atoms. The van der Waals surface area contributed by atoms with Crippen LogP contribution < -0.4 is 10.2 Å². The van der Waals surface area contributed by atoms with Crippen molar-refractivity contribution in [1.29, 1.82) is 0 Å². The molecule has 0 unspecified atom stereocenters. The van der Waals surface area contributed by atoms with Crippen molar-refractivity contribution in [2.24, 2.45) is 0 Å². The number of carbonyl (C=O) groups excluding carboxylic acids is 2. The number of aryl methyl sites for hydroxylation is 1. The van der Waals surface area contributed by atoms with Crippen LogP contribution >= 0.6 is 0 Å². The monoisotopic (exact) mass is 435 g/mol. The van der Waals surface area contributed by atoms with Gasteiger partial charge in [0.2, 0.25) is 0 Å². The number of nitro groups is 1. The Morgan fingerprint density at radius 3 is 2.25 bits per heavy atom. The van der Waals surface area contributed by atoms with E-state index in [1.807, 2.05) is 0 Å². The average molecular weight is 435 g/mol. The smallest absolute Gasteiger partial charge is 0.282 e. The molecule has 160 valence electrons. The Kier molecular flexibility index (Phi) is 5.23. The van der Waals surface area contributed by atoms with Crippen molar-refractivity contribution in [2.45, 2.75) is 6.92 Å². The van der Waals surface area contributed by atoms with E-state index in [0.717, 1.165) is 22.6 Å². The maximum Gasteiger partial charge on any atom is 0.282 e. The van der Waals surface area contributed by atoms with Crippen LogP contribution in [0, 0.1) is 28.7 Å². The molecule has 0 saturated heterocycles. The fourth-order valence-electron chi connectivity index (χ4n) is 3.38. The van der Waals surface area contributed by atoms with Crippen LogP contribution in [0.5, 0.6) is 0 Å². The number of imide groups is 1. The summed E-state index contributed by atoms with van der Waals surface area (Å²) in [6.07, 6.45) is 0. The van der Waals surface area contributed by atoms with Crippen LogP contribution in [-0.4, -0.2) is 16.7 Å². The summed E-state index contributed by atoms with van der Waals surface area (Å²) in [5, 5.41) is 13.7. The van der Waals surface area contributed by atoms with Gasteiger partial charge < -0.3 is 5.32 Å². The van der Waals surface area contributed by atoms with Crippen LogP contribution in [0.25, 0.3) is 5.57 Å². The molecule has 0 atom stereocenters. The van der Waals surface area contributed by atoms with Crippen LogP contribution in [0.15, 0.2) is 72.4 Å². The van der Waals surface area contributed by atoms with E-state index in [9.17, 15) is 28.5 Å². The topological polar surface area (TPSA) is 92.6 Å². The molecule has 0 radical (unpaired) electrons. The van der Waals surface area contributed by atoms with E-state index in [1.165, 1.54) is 30.3 Å². The first kappa shape index (κ1) is 20.9. The lowest BCUT2D eigenvalue weighted by molar-refractivity contribution is -0.384. The average Bonchev–Trinajstić information content (AvgIpc) is 3.00. The maximum atomic E-state index is 13.7. The molecule has 1 aliphatic heterocycles. The molecule has 0 aromatic heterocycles. The minimum absolute atomic E-state index is 0.0452. The Morgan fingerprint density at radius 1 is 0.906 bits per heavy atom. The number of hydrogen-bond donors (Lipinski definition) is 1. The Labute approximate surface area is 180 Å². The molecule has 2 amide bonds. The van der Waals surface area contributed by atoms with Crippen molar-refractivity contribution in [3.63, 3.8) is 0 Å². The molecule has 1 aliphatic rings. The molecular weight excluding hydrogens is 420 g/mol. The van der Waals surface area contributed by atoms with Gasteiger partial charge in [-0.05, 0) is 54.4 Å². The first-order chi connectivity index (χ1) is 15.3. The number of carbonyl (C=O) groups is 2. The number of nitrogens with one attached hydrogen (secondary N) is 1. The van der Waals surface area contributed by atoms with E-state index in [2.05, 4.69) is 5.32 Å². The van der Waals surface area contributed by atoms with Gasteiger partial charge in [0.15, 0.2) is 11.6 Å². The van der Waals surface area contributed by atoms with Gasteiger partial charge in [0.25, 0.3) is 17.5 Å². The van der Waals surface area contributed by atoms with Crippen LogP contribution in [-0.2, 0) is 9.59 Å². The molecule has 0 fully saturated rings. The number of amides is 2. The third-order valence-electron chi connectivity index (χ3n) is 4.90. The van der Waals surface area contributed by atoms with E-state index in [4.69, 9.17) is 0 Å². The highest BCUT2D eigenvalue weighted by molar-refractivity contribution is 6.46. The van der Waals surface area contributed by atoms with Gasteiger partial charge in [-0.15, -0.1) is 0 Å². The summed E-state index contributed by atoms with van der Waals surface area (Å²) in [7, 11) is 0. The number of halogens is 2. The summed E-state index contributed by atoms with van der Waals surface area (Å²) in [4.78, 5) is 37.9. The zero-order valence-corrected chi connectivity index (χ0v) is 16.6. The number of anilines is 2. The summed E-state index contributed by atoms with van der Waals surface area (Å²) in [5.41, 5.74) is 1.09. The lowest BCUT2D eigenvalue weighted by Crippen LogP contribution is -2.32. The SMILES string of the molecule is Cc1cccc(N2C(=O)C(Nc3ccc(F)c(F)c3)=C(c3ccc([N+](=O)[O-])cc3)C2=O)c1. The molecule has 1 heterocycles. The normalized spacial score (nSPS) is 13.7. The van der Waals surface area contributed by atoms with Gasteiger partial charge in [-0.25, -0.2) is 13.7 Å². The van der Waals surface area contributed by atoms with Gasteiger partial charge in [-0.2, -0.15) is 0 Å². The molecule has 7 nitrogen and oxygen atoms in total. The van der Waals surface area contributed by atoms with Crippen molar-refractivity contribution in [2.75, 3.05) is 10.2 Å². The first-order valence-corrected chi connectivity index (χ1v) is 9.43. The van der Waals surface area contributed by atoms with Crippen molar-refractivity contribution >= 4 is 34.4 Å². The Balaban J connectivity index is 1.83. The number of hydrogen-bond acceptors (Lipinski definition) is 5. The van der Waals surface area contributed by atoms with Gasteiger partial charge in [0.1, 0.15) is 5.70 Å². The van der Waals surface area contributed by atoms with Crippen molar-refractivity contribution < 1.29 is 23.3 Å². The van der Waals surface area contributed by atoms with Gasteiger partial charge in [-0.1, -0.05) is 12.1 Å². The third-order valence-corrected chi connectivity index (χ3v) is 4.90. The maximum absolute atomic E-state index is 13.7. The predicted octanol–water partition coefficient (Wildman–Crippen LogP) is 4.58. The van der Waals surface area contributed by atoms with Crippen LogP contribution in [0.3, 0.4) is 0 Å². The number of non-ortho nitro benzene ring substituents is 1. The van der Waals surface area contributed by atoms with Crippen molar-refractivity contribution in [3.05, 3.63) is 105 Å². The predicted molar refractivity (Wildman–Crippen MR) is 114 cm³/mol. The third kappa shape index (κ3) is 3.71. The fourth-order valence-corrected chi connectivity index (χ4v) is 3.38. The molecule has 3 aromatic rings. The van der Waals surface area contributed by atoms with Crippen molar-refractivity contribution in [3.8, 4) is 0 Å². The van der Waals surface area contributed by atoms with Crippen molar-refractivity contribution in [1.82, 2.24) is 0 Å². The van der Waals surface area contributed by atoms with Gasteiger partial charge in [0, 0.05) is 23.9 Å². The minimum Gasteiger partial charge on any atom is -0.350 e. The molecular formula is C23H15F2N3O4. The van der Waals surface area contributed by atoms with Gasteiger partial charge in [-0.3, -0.25) is 19.7 Å². The molecule has 0 aliphatic carbocycles. The lowest BCUT2D eigenvalue weighted by Gasteiger charge is -2.16. The molecule has 9 heteroatoms. The standard InChI is InChI=1S/C23H15F2N3O4/c1-13-3-2-4-17(11-13)27-22(29)20(14-5-8-16(9-6-14)28(31)32)21(23(27)30)26-15-7-10-18(24)19(25)12-15/h2-12,26H,1H3. The molecule has 3 aromatic carbocycles. The zero-order chi connectivity index (χ0) is 23.0. The zero-order valence-electron chi connectivity index (χ0n) is 16.6. The quantitative estimate of drug-likeness (QED) is 0.360. The highest BCUT2D eigenvalue weighted by Crippen LogP contribution is 2.34. The van der Waals surface area contributed by atoms with Crippen LogP contribution in [0.4, 0.5) is 25.8 Å². The van der Waals surface area contributed by atoms with E-state index in [-0.39, 0.29) is 28.2 Å². The first-order valence-electron chi connectivity index (χ1n) is 9.43. The summed E-state index contributed by atoms with van der Waals surface area (Å²) in [6, 6.07) is 14.9. The minimum atomic E-state index is -1.13. The van der Waals surface area contributed by atoms with Gasteiger partial charge >= 0.3 is 0 Å². The second-order valence-corrected chi connectivity index (χ2v) is 7.09. The molecule has 0 spiro atoms. The van der Waals surface area contributed by atoms with E-state index < -0.39 is 28.4 Å². The second kappa shape index (κ2) is 8.03. The summed E-state index contributed by atoms with van der Waals surface area (Å²) in [6.45, 7) is 1.81. The number of rotatable bonds is 5. The number of nitrogens with zero attached hydrogens (tertiary/aromatic N) is 2. The summed E-state index contributed by atoms with van der Waals surface area (Å²) in [5.74, 6) is -3.53. The highest BCUT2D eigenvalue weighted by atomic mass is 19.2. The number of nitro benzene ring substituents is 1. The molecule has 32 heavy (non-hydrogen) atoms. The lowest BCUT2D eigenvalue weighted by atomic mass is 10.0. The largest absolute Gasteiger partial charge is 0.350 e. The van der Waals surface area contributed by atoms with Gasteiger partial charge in [0.05, 0.1) is 16.2 Å². The molecule has 0 saturated carbocycles. The highest BCUT2D eigenvalue weighted by Gasteiger charge is 2.40. The Morgan fingerprint density at radius 2 is 1.62 bits per heavy atom. The summed E-state index contributed by atoms with van der Waals surface area (Å²) >= 11 is 0. The number of benzene rings is 3. The second-order valence-electron chi connectivity index (χ2n) is 7.09. The molecule has 4 rings (SSSR count). The summed E-state index contributed by atoms with van der Waals surface area (Å²) < 4.78 is 27.0. The van der Waals surface area contributed by atoms with Crippen LogP contribution in [0.2, 0.25) is 0 Å². The molecule has 1 N–H and O–H groups in total. The van der Waals surface area contributed by atoms with E-state index in [1.54, 1.807) is 31.2 Å². The van der Waals surface area contributed by atoms with Crippen LogP contribution in [0.1, 0.15) is 11.1 Å². The van der Waals surface area contributed by atoms with E-state index >= 15 is 0 Å². The Bertz CT molecular complexity index is 1300. The van der Waals surface area contributed by atoms with E-state index in [0.29, 0.717) is 5.69 Å². The Hall–Kier alpha value is -4.40. The fraction of sp³-hybridized carbons (Fsp3) is 0.0435.